The van der Waals surface area contributed by atoms with Crippen LogP contribution in [0.25, 0.3) is 0 Å². The van der Waals surface area contributed by atoms with Crippen molar-refractivity contribution in [2.24, 2.45) is 0 Å². The van der Waals surface area contributed by atoms with E-state index in [2.05, 4.69) is 48.6 Å². The van der Waals surface area contributed by atoms with E-state index in [1.54, 1.807) is 7.11 Å². The van der Waals surface area contributed by atoms with Crippen LogP contribution in [0.5, 0.6) is 0 Å². The molecule has 3 nitrogen and oxygen atoms in total. The summed E-state index contributed by atoms with van der Waals surface area (Å²) in [5, 5.41) is 13.3. The van der Waals surface area contributed by atoms with E-state index in [0.29, 0.717) is 13.2 Å². The highest BCUT2D eigenvalue weighted by molar-refractivity contribution is 5.33. The van der Waals surface area contributed by atoms with Crippen LogP contribution in [0, 0.1) is 6.92 Å². The fourth-order valence-electron chi connectivity index (χ4n) is 2.34. The summed E-state index contributed by atoms with van der Waals surface area (Å²) in [6.07, 6.45) is -0.508. The molecule has 0 unspecified atom stereocenters. The molecule has 0 aromatic heterocycles. The van der Waals surface area contributed by atoms with E-state index in [1.807, 2.05) is 18.2 Å². The summed E-state index contributed by atoms with van der Waals surface area (Å²) in [5.41, 5.74) is 3.62. The Labute approximate surface area is 126 Å². The van der Waals surface area contributed by atoms with Crippen molar-refractivity contribution in [3.05, 3.63) is 71.3 Å². The van der Waals surface area contributed by atoms with Crippen LogP contribution in [0.2, 0.25) is 0 Å². The summed E-state index contributed by atoms with van der Waals surface area (Å²) in [6, 6.07) is 18.8. The summed E-state index contributed by atoms with van der Waals surface area (Å²) >= 11 is 0. The fraction of sp³-hybridized carbons (Fsp3) is 0.333. The molecule has 2 N–H and O–H groups in total. The molecule has 2 aromatic carbocycles. The average molecular weight is 285 g/mol. The topological polar surface area (TPSA) is 41.5 Å². The Hall–Kier alpha value is -1.68. The summed E-state index contributed by atoms with van der Waals surface area (Å²) in [5.74, 6) is 0. The van der Waals surface area contributed by atoms with Gasteiger partial charge in [0.1, 0.15) is 0 Å². The van der Waals surface area contributed by atoms with Crippen LogP contribution in [-0.2, 0) is 4.74 Å². The van der Waals surface area contributed by atoms with Gasteiger partial charge in [0.15, 0.2) is 0 Å². The normalized spacial score (nSPS) is 13.9. The van der Waals surface area contributed by atoms with Crippen LogP contribution in [0.3, 0.4) is 0 Å². The average Bonchev–Trinajstić information content (AvgIpc) is 2.50. The Kier molecular flexibility index (Phi) is 5.93. The van der Waals surface area contributed by atoms with Crippen molar-refractivity contribution in [2.45, 2.75) is 19.1 Å². The summed E-state index contributed by atoms with van der Waals surface area (Å²) < 4.78 is 4.97. The highest BCUT2D eigenvalue weighted by Crippen LogP contribution is 2.22. The van der Waals surface area contributed by atoms with Crippen molar-refractivity contribution in [1.82, 2.24) is 5.32 Å². The first-order valence-corrected chi connectivity index (χ1v) is 7.22. The Bertz CT molecular complexity index is 525. The molecule has 21 heavy (non-hydrogen) atoms. The summed E-state index contributed by atoms with van der Waals surface area (Å²) in [6.45, 7) is 2.90. The molecular formula is C18H23NO2. The minimum Gasteiger partial charge on any atom is -0.389 e. The predicted octanol–water partition coefficient (Wildman–Crippen LogP) is 2.68. The quantitative estimate of drug-likeness (QED) is 0.822. The summed E-state index contributed by atoms with van der Waals surface area (Å²) in [7, 11) is 1.60. The lowest BCUT2D eigenvalue weighted by atomic mass is 9.97. The van der Waals surface area contributed by atoms with E-state index in [-0.39, 0.29) is 6.04 Å². The second-order valence-corrected chi connectivity index (χ2v) is 5.27. The lowest BCUT2D eigenvalue weighted by Crippen LogP contribution is -2.33. The van der Waals surface area contributed by atoms with E-state index >= 15 is 0 Å². The minimum absolute atomic E-state index is 0.0679. The number of benzene rings is 2. The molecule has 112 valence electrons. The number of aryl methyl sites for hydroxylation is 1. The molecule has 0 heterocycles. The first kappa shape index (κ1) is 15.7. The zero-order valence-electron chi connectivity index (χ0n) is 12.6. The number of rotatable bonds is 7. The molecule has 0 aliphatic rings. The van der Waals surface area contributed by atoms with Gasteiger partial charge < -0.3 is 15.2 Å². The second-order valence-electron chi connectivity index (χ2n) is 5.27. The van der Waals surface area contributed by atoms with Gasteiger partial charge in [0.05, 0.1) is 18.8 Å². The van der Waals surface area contributed by atoms with Gasteiger partial charge in [-0.1, -0.05) is 60.2 Å². The Morgan fingerprint density at radius 1 is 1.00 bits per heavy atom. The van der Waals surface area contributed by atoms with Gasteiger partial charge in [-0.3, -0.25) is 0 Å². The molecule has 0 radical (unpaired) electrons. The molecule has 0 fully saturated rings. The van der Waals surface area contributed by atoms with Gasteiger partial charge in [-0.2, -0.15) is 0 Å². The Morgan fingerprint density at radius 3 is 2.24 bits per heavy atom. The van der Waals surface area contributed by atoms with E-state index in [4.69, 9.17) is 4.74 Å². The van der Waals surface area contributed by atoms with E-state index in [0.717, 1.165) is 0 Å². The molecular weight excluding hydrogens is 262 g/mol. The lowest BCUT2D eigenvalue weighted by Gasteiger charge is -2.22. The van der Waals surface area contributed by atoms with Crippen LogP contribution in [0.15, 0.2) is 54.6 Å². The SMILES string of the molecule is COC[C@H](O)CN[C@@H](c1ccccc1)c1ccc(C)cc1. The van der Waals surface area contributed by atoms with Crippen LogP contribution >= 0.6 is 0 Å². The number of hydrogen-bond acceptors (Lipinski definition) is 3. The van der Waals surface area contributed by atoms with Crippen LogP contribution < -0.4 is 5.32 Å². The molecule has 0 aliphatic heterocycles. The second kappa shape index (κ2) is 7.93. The molecule has 0 amide bonds. The molecule has 0 spiro atoms. The van der Waals surface area contributed by atoms with Gasteiger partial charge in [0.2, 0.25) is 0 Å². The smallest absolute Gasteiger partial charge is 0.0897 e. The number of aliphatic hydroxyl groups is 1. The number of ether oxygens (including phenoxy) is 1. The van der Waals surface area contributed by atoms with Crippen molar-refractivity contribution in [3.63, 3.8) is 0 Å². The lowest BCUT2D eigenvalue weighted by molar-refractivity contribution is 0.0634. The van der Waals surface area contributed by atoms with Gasteiger partial charge in [0.25, 0.3) is 0 Å². The highest BCUT2D eigenvalue weighted by atomic mass is 16.5. The third-order valence-corrected chi connectivity index (χ3v) is 3.46. The number of methoxy groups -OCH3 is 1. The molecule has 2 atom stereocenters. The first-order valence-electron chi connectivity index (χ1n) is 7.22. The maximum atomic E-state index is 9.85. The molecule has 0 saturated carbocycles. The number of aliphatic hydroxyl groups excluding tert-OH is 1. The maximum absolute atomic E-state index is 9.85. The van der Waals surface area contributed by atoms with Crippen molar-refractivity contribution < 1.29 is 9.84 Å². The zero-order valence-corrected chi connectivity index (χ0v) is 12.6. The molecule has 3 heteroatoms. The Balaban J connectivity index is 2.16. The molecule has 0 aliphatic carbocycles. The van der Waals surface area contributed by atoms with Gasteiger partial charge in [-0.05, 0) is 18.1 Å². The maximum Gasteiger partial charge on any atom is 0.0897 e. The zero-order chi connectivity index (χ0) is 15.1. The van der Waals surface area contributed by atoms with Crippen LogP contribution in [-0.4, -0.2) is 31.5 Å². The Morgan fingerprint density at radius 2 is 1.62 bits per heavy atom. The van der Waals surface area contributed by atoms with Crippen LogP contribution in [0.4, 0.5) is 0 Å². The van der Waals surface area contributed by atoms with Gasteiger partial charge in [-0.25, -0.2) is 0 Å². The standard InChI is InChI=1S/C18H23NO2/c1-14-8-10-16(11-9-14)18(15-6-4-3-5-7-15)19-12-17(20)13-21-2/h3-11,17-20H,12-13H2,1-2H3/t17-,18+/m1/s1. The molecule has 2 aromatic rings. The first-order chi connectivity index (χ1) is 10.2. The fourth-order valence-corrected chi connectivity index (χ4v) is 2.34. The predicted molar refractivity (Wildman–Crippen MR) is 85.3 cm³/mol. The van der Waals surface area contributed by atoms with Crippen LogP contribution in [0.1, 0.15) is 22.7 Å². The largest absolute Gasteiger partial charge is 0.389 e. The van der Waals surface area contributed by atoms with Gasteiger partial charge in [0, 0.05) is 13.7 Å². The summed E-state index contributed by atoms with van der Waals surface area (Å²) in [4.78, 5) is 0. The monoisotopic (exact) mass is 285 g/mol. The third-order valence-electron chi connectivity index (χ3n) is 3.46. The van der Waals surface area contributed by atoms with E-state index in [9.17, 15) is 5.11 Å². The van der Waals surface area contributed by atoms with Crippen molar-refractivity contribution in [3.8, 4) is 0 Å². The van der Waals surface area contributed by atoms with Crippen molar-refractivity contribution in [2.75, 3.05) is 20.3 Å². The minimum atomic E-state index is -0.508. The van der Waals surface area contributed by atoms with Gasteiger partial charge >= 0.3 is 0 Å². The van der Waals surface area contributed by atoms with E-state index < -0.39 is 6.10 Å². The number of hydrogen-bond donors (Lipinski definition) is 2. The highest BCUT2D eigenvalue weighted by Gasteiger charge is 2.15. The number of nitrogens with one attached hydrogen (secondary N) is 1. The molecule has 0 bridgehead atoms. The van der Waals surface area contributed by atoms with Crippen molar-refractivity contribution in [1.29, 1.82) is 0 Å². The van der Waals surface area contributed by atoms with E-state index in [1.165, 1.54) is 16.7 Å². The third kappa shape index (κ3) is 4.67. The molecule has 0 saturated heterocycles. The van der Waals surface area contributed by atoms with Crippen molar-refractivity contribution >= 4 is 0 Å². The molecule has 2 rings (SSSR count). The van der Waals surface area contributed by atoms with Gasteiger partial charge in [-0.15, -0.1) is 0 Å².